The number of nitrogens with zero attached hydrogens (tertiary/aromatic N) is 1. The number of nitrogens with one attached hydrogen (secondary N) is 1. The van der Waals surface area contributed by atoms with Crippen molar-refractivity contribution in [2.75, 3.05) is 17.6 Å². The third-order valence-corrected chi connectivity index (χ3v) is 3.27. The molecule has 3 nitrogen and oxygen atoms in total. The number of anilines is 2. The molecule has 0 aliphatic carbocycles. The minimum atomic E-state index is -4.07. The molecule has 0 fully saturated rings. The van der Waals surface area contributed by atoms with Gasteiger partial charge in [0.2, 0.25) is 0 Å². The molecule has 0 saturated heterocycles. The van der Waals surface area contributed by atoms with E-state index in [2.05, 4.69) is 10.3 Å². The summed E-state index contributed by atoms with van der Waals surface area (Å²) in [6.45, 7) is 2.38. The molecule has 2 rings (SSSR count). The largest absolute Gasteiger partial charge is 0.398 e. The Morgan fingerprint density at radius 3 is 2.67 bits per heavy atom. The van der Waals surface area contributed by atoms with Crippen LogP contribution < -0.4 is 11.1 Å². The Morgan fingerprint density at radius 2 is 1.95 bits per heavy atom. The zero-order valence-corrected chi connectivity index (χ0v) is 11.8. The molecule has 1 heterocycles. The van der Waals surface area contributed by atoms with Crippen molar-refractivity contribution in [1.82, 2.24) is 4.98 Å². The van der Waals surface area contributed by atoms with Gasteiger partial charge in [-0.1, -0.05) is 0 Å². The van der Waals surface area contributed by atoms with Crippen molar-refractivity contribution in [3.05, 3.63) is 30.1 Å². The van der Waals surface area contributed by atoms with Crippen LogP contribution in [-0.4, -0.2) is 17.7 Å². The highest BCUT2D eigenvalue weighted by atomic mass is 19.4. The van der Waals surface area contributed by atoms with Gasteiger partial charge in [-0.3, -0.25) is 4.98 Å². The van der Waals surface area contributed by atoms with Crippen LogP contribution in [0.3, 0.4) is 0 Å². The molecule has 0 atom stereocenters. The van der Waals surface area contributed by atoms with Gasteiger partial charge in [0.05, 0.1) is 0 Å². The predicted molar refractivity (Wildman–Crippen MR) is 79.3 cm³/mol. The third-order valence-electron chi connectivity index (χ3n) is 3.27. The third kappa shape index (κ3) is 4.24. The van der Waals surface area contributed by atoms with Crippen LogP contribution in [0, 0.1) is 6.92 Å². The highest BCUT2D eigenvalue weighted by molar-refractivity contribution is 6.00. The number of fused-ring (bicyclic) bond motifs is 1. The van der Waals surface area contributed by atoms with Crippen molar-refractivity contribution in [2.24, 2.45) is 0 Å². The van der Waals surface area contributed by atoms with Crippen LogP contribution in [0.5, 0.6) is 0 Å². The highest BCUT2D eigenvalue weighted by Crippen LogP contribution is 2.28. The molecular formula is C15H18F3N3. The molecule has 0 saturated carbocycles. The highest BCUT2D eigenvalue weighted by Gasteiger charge is 2.25. The Balaban J connectivity index is 2.02. The second-order valence-corrected chi connectivity index (χ2v) is 5.07. The molecule has 6 heteroatoms. The molecule has 0 unspecified atom stereocenters. The van der Waals surface area contributed by atoms with Gasteiger partial charge in [-0.05, 0) is 38.0 Å². The minimum Gasteiger partial charge on any atom is -0.398 e. The Labute approximate surface area is 121 Å². The van der Waals surface area contributed by atoms with Gasteiger partial charge in [0, 0.05) is 47.0 Å². The summed E-state index contributed by atoms with van der Waals surface area (Å²) in [5.41, 5.74) is 8.29. The number of hydrogen-bond donors (Lipinski definition) is 2. The van der Waals surface area contributed by atoms with Crippen molar-refractivity contribution in [3.63, 3.8) is 0 Å². The molecule has 1 aromatic carbocycles. The number of rotatable bonds is 5. The van der Waals surface area contributed by atoms with Crippen LogP contribution in [0.4, 0.5) is 24.5 Å². The van der Waals surface area contributed by atoms with Gasteiger partial charge >= 0.3 is 6.18 Å². The first kappa shape index (κ1) is 15.4. The monoisotopic (exact) mass is 297 g/mol. The number of unbranched alkanes of at least 4 members (excludes halogenated alkanes) is 1. The quantitative estimate of drug-likeness (QED) is 0.640. The molecule has 21 heavy (non-hydrogen) atoms. The number of nitrogens with two attached hydrogens (primary N) is 1. The number of nitrogen functional groups attached to an aromatic ring is 1. The van der Waals surface area contributed by atoms with E-state index in [0.717, 1.165) is 22.2 Å². The first-order chi connectivity index (χ1) is 9.87. The van der Waals surface area contributed by atoms with Crippen LogP contribution in [0.25, 0.3) is 10.8 Å². The summed E-state index contributed by atoms with van der Waals surface area (Å²) in [6.07, 6.45) is -2.49. The van der Waals surface area contributed by atoms with Gasteiger partial charge in [0.25, 0.3) is 0 Å². The molecule has 0 spiro atoms. The Morgan fingerprint density at radius 1 is 1.19 bits per heavy atom. The van der Waals surface area contributed by atoms with Gasteiger partial charge in [-0.15, -0.1) is 0 Å². The summed E-state index contributed by atoms with van der Waals surface area (Å²) >= 11 is 0. The van der Waals surface area contributed by atoms with Crippen LogP contribution in [0.15, 0.2) is 24.4 Å². The van der Waals surface area contributed by atoms with E-state index in [1.54, 1.807) is 12.3 Å². The van der Waals surface area contributed by atoms with Gasteiger partial charge in [0.1, 0.15) is 0 Å². The molecule has 0 radical (unpaired) electrons. The molecule has 114 valence electrons. The zero-order chi connectivity index (χ0) is 15.5. The lowest BCUT2D eigenvalue weighted by atomic mass is 10.1. The lowest BCUT2D eigenvalue weighted by Crippen LogP contribution is -2.09. The van der Waals surface area contributed by atoms with E-state index in [1.165, 1.54) is 0 Å². The topological polar surface area (TPSA) is 50.9 Å². The maximum absolute atomic E-state index is 12.1. The fourth-order valence-electron chi connectivity index (χ4n) is 2.19. The lowest BCUT2D eigenvalue weighted by Gasteiger charge is -2.12. The first-order valence-corrected chi connectivity index (χ1v) is 6.82. The summed E-state index contributed by atoms with van der Waals surface area (Å²) in [4.78, 5) is 4.21. The number of pyridine rings is 1. The SMILES string of the molecule is Cc1cc2c(NCCCCC(F)(F)F)ccc(N)c2cn1. The van der Waals surface area contributed by atoms with E-state index in [-0.39, 0.29) is 6.42 Å². The van der Waals surface area contributed by atoms with E-state index >= 15 is 0 Å². The summed E-state index contributed by atoms with van der Waals surface area (Å²) < 4.78 is 36.2. The van der Waals surface area contributed by atoms with Gasteiger partial charge in [0.15, 0.2) is 0 Å². The average molecular weight is 297 g/mol. The Hall–Kier alpha value is -1.98. The fraction of sp³-hybridized carbons (Fsp3) is 0.400. The zero-order valence-electron chi connectivity index (χ0n) is 11.8. The van der Waals surface area contributed by atoms with E-state index in [1.807, 2.05) is 19.1 Å². The van der Waals surface area contributed by atoms with Crippen LogP contribution >= 0.6 is 0 Å². The van der Waals surface area contributed by atoms with Gasteiger partial charge < -0.3 is 11.1 Å². The maximum atomic E-state index is 12.1. The Bertz CT molecular complexity index is 623. The number of halogens is 3. The van der Waals surface area contributed by atoms with Crippen molar-refractivity contribution in [3.8, 4) is 0 Å². The normalized spacial score (nSPS) is 11.8. The Kier molecular flexibility index (Phi) is 4.55. The smallest absolute Gasteiger partial charge is 0.389 e. The van der Waals surface area contributed by atoms with Crippen LogP contribution in [0.2, 0.25) is 0 Å². The second kappa shape index (κ2) is 6.20. The molecule has 3 N–H and O–H groups in total. The van der Waals surface area contributed by atoms with Crippen molar-refractivity contribution >= 4 is 22.1 Å². The average Bonchev–Trinajstić information content (AvgIpc) is 2.39. The summed E-state index contributed by atoms with van der Waals surface area (Å²) in [7, 11) is 0. The van der Waals surface area contributed by atoms with Crippen LogP contribution in [-0.2, 0) is 0 Å². The van der Waals surface area contributed by atoms with E-state index in [4.69, 9.17) is 5.73 Å². The van der Waals surface area contributed by atoms with E-state index in [0.29, 0.717) is 18.7 Å². The lowest BCUT2D eigenvalue weighted by molar-refractivity contribution is -0.135. The molecular weight excluding hydrogens is 279 g/mol. The molecule has 0 aliphatic rings. The molecule has 1 aromatic heterocycles. The first-order valence-electron chi connectivity index (χ1n) is 6.82. The standard InChI is InChI=1S/C15H18F3N3/c1-10-8-11-12(9-21-10)13(19)4-5-14(11)20-7-3-2-6-15(16,17)18/h4-5,8-9,20H,2-3,6-7,19H2,1H3. The molecule has 0 aliphatic heterocycles. The number of aromatic nitrogens is 1. The number of alkyl halides is 3. The summed E-state index contributed by atoms with van der Waals surface area (Å²) in [5, 5.41) is 4.97. The van der Waals surface area contributed by atoms with Gasteiger partial charge in [-0.2, -0.15) is 13.2 Å². The second-order valence-electron chi connectivity index (χ2n) is 5.07. The van der Waals surface area contributed by atoms with Crippen molar-refractivity contribution in [1.29, 1.82) is 0 Å². The van der Waals surface area contributed by atoms with Crippen molar-refractivity contribution in [2.45, 2.75) is 32.4 Å². The minimum absolute atomic E-state index is 0.129. The molecule has 2 aromatic rings. The summed E-state index contributed by atoms with van der Waals surface area (Å²) in [5.74, 6) is 0. The number of hydrogen-bond acceptors (Lipinski definition) is 3. The molecule has 0 amide bonds. The van der Waals surface area contributed by atoms with Gasteiger partial charge in [-0.25, -0.2) is 0 Å². The van der Waals surface area contributed by atoms with Crippen molar-refractivity contribution < 1.29 is 13.2 Å². The van der Waals surface area contributed by atoms with Crippen LogP contribution in [0.1, 0.15) is 25.0 Å². The molecule has 0 bridgehead atoms. The summed E-state index contributed by atoms with van der Waals surface area (Å²) in [6, 6.07) is 5.54. The van der Waals surface area contributed by atoms with E-state index in [9.17, 15) is 13.2 Å². The number of benzene rings is 1. The fourth-order valence-corrected chi connectivity index (χ4v) is 2.19. The maximum Gasteiger partial charge on any atom is 0.389 e. The van der Waals surface area contributed by atoms with E-state index < -0.39 is 12.6 Å². The number of aryl methyl sites for hydroxylation is 1. The predicted octanol–water partition coefficient (Wildman–Crippen LogP) is 4.27.